The van der Waals surface area contributed by atoms with Crippen molar-refractivity contribution in [1.29, 1.82) is 0 Å². The maximum Gasteiger partial charge on any atom is 0.358 e. The molecule has 0 atom stereocenters. The van der Waals surface area contributed by atoms with Crippen molar-refractivity contribution >= 4 is 24.0 Å². The zero-order valence-corrected chi connectivity index (χ0v) is 29.1. The summed E-state index contributed by atoms with van der Waals surface area (Å²) < 4.78 is 9.20. The third-order valence-corrected chi connectivity index (χ3v) is 10.1. The number of rotatable bonds is 6. The number of hydrogen-bond acceptors (Lipinski definition) is 5. The van der Waals surface area contributed by atoms with Gasteiger partial charge in [-0.25, -0.2) is 4.98 Å². The molecule has 0 aliphatic carbocycles. The number of aromatic hydroxyl groups is 1. The Morgan fingerprint density at radius 3 is 2.24 bits per heavy atom. The molecule has 0 unspecified atom stereocenters. The second kappa shape index (κ2) is 12.1. The molecule has 4 aromatic carbocycles. The molecule has 51 heavy (non-hydrogen) atoms. The van der Waals surface area contributed by atoms with Crippen LogP contribution >= 0.6 is 0 Å². The van der Waals surface area contributed by atoms with Gasteiger partial charge in [-0.2, -0.15) is 0 Å². The van der Waals surface area contributed by atoms with Crippen LogP contribution in [0, 0.1) is 0 Å². The highest BCUT2D eigenvalue weighted by Crippen LogP contribution is 2.44. The summed E-state index contributed by atoms with van der Waals surface area (Å²) >= 11 is 0. The molecule has 0 radical (unpaired) electrons. The van der Waals surface area contributed by atoms with Gasteiger partial charge in [-0.05, 0) is 105 Å². The number of phenols is 1. The predicted molar refractivity (Wildman–Crippen MR) is 207 cm³/mol. The maximum absolute atomic E-state index is 11.4. The van der Waals surface area contributed by atoms with E-state index in [1.54, 1.807) is 6.07 Å². The Labute approximate surface area is 298 Å². The summed E-state index contributed by atoms with van der Waals surface area (Å²) in [6.07, 6.45) is 10.2. The van der Waals surface area contributed by atoms with E-state index in [-0.39, 0.29) is 24.4 Å². The van der Waals surface area contributed by atoms with Crippen LogP contribution in [0.4, 0.5) is 0 Å². The zero-order chi connectivity index (χ0) is 34.8. The van der Waals surface area contributed by atoms with Crippen LogP contribution in [0.5, 0.6) is 11.6 Å². The first-order valence-electron chi connectivity index (χ1n) is 17.6. The molecular weight excluding hydrogens is 627 g/mol. The Morgan fingerprint density at radius 1 is 0.765 bits per heavy atom. The largest absolute Gasteiger partial charge is 0.507 e. The summed E-state index contributed by atoms with van der Waals surface area (Å²) in [5.41, 5.74) is 12.4. The van der Waals surface area contributed by atoms with Gasteiger partial charge >= 0.3 is 6.85 Å². The second-order valence-corrected chi connectivity index (χ2v) is 14.0. The third kappa shape index (κ3) is 5.03. The summed E-state index contributed by atoms with van der Waals surface area (Å²) in [6.45, 7) is 8.69. The molecule has 9 rings (SSSR count). The van der Waals surface area contributed by atoms with E-state index in [2.05, 4.69) is 115 Å². The highest BCUT2D eigenvalue weighted by molar-refractivity contribution is 6.85. The lowest BCUT2D eigenvalue weighted by Crippen LogP contribution is -2.62. The van der Waals surface area contributed by atoms with Crippen molar-refractivity contribution in [2.75, 3.05) is 0 Å². The van der Waals surface area contributed by atoms with E-state index in [1.807, 2.05) is 54.7 Å². The molecule has 0 amide bonds. The van der Waals surface area contributed by atoms with Crippen molar-refractivity contribution < 1.29 is 9.84 Å². The Hall–Kier alpha value is -6.08. The highest BCUT2D eigenvalue weighted by atomic mass is 16.5. The van der Waals surface area contributed by atoms with Gasteiger partial charge in [0.25, 0.3) is 0 Å². The molecule has 0 spiro atoms. The number of phenolic OH excluding ortho intramolecular Hbond substituents is 1. The van der Waals surface area contributed by atoms with E-state index in [0.29, 0.717) is 17.3 Å². The van der Waals surface area contributed by atoms with Gasteiger partial charge in [-0.15, -0.1) is 0 Å². The van der Waals surface area contributed by atoms with Crippen molar-refractivity contribution in [3.63, 3.8) is 0 Å². The van der Waals surface area contributed by atoms with Crippen LogP contribution in [-0.4, -0.2) is 31.3 Å². The molecule has 1 N–H and O–H groups in total. The van der Waals surface area contributed by atoms with Crippen molar-refractivity contribution in [2.45, 2.75) is 39.5 Å². The first kappa shape index (κ1) is 30.9. The Morgan fingerprint density at radius 2 is 1.51 bits per heavy atom. The summed E-state index contributed by atoms with van der Waals surface area (Å²) in [7, 11) is 0. The summed E-state index contributed by atoms with van der Waals surface area (Å²) in [5.74, 6) is 2.56. The van der Waals surface area contributed by atoms with E-state index in [9.17, 15) is 5.11 Å². The zero-order valence-electron chi connectivity index (χ0n) is 29.1. The number of allylic oxidation sites excluding steroid dienone is 3. The lowest BCUT2D eigenvalue weighted by molar-refractivity contribution is 0.309. The fourth-order valence-electron chi connectivity index (χ4n) is 7.66. The molecular formula is C44H37BN4O2. The van der Waals surface area contributed by atoms with Gasteiger partial charge in [0, 0.05) is 11.9 Å². The van der Waals surface area contributed by atoms with Crippen molar-refractivity contribution in [1.82, 2.24) is 19.3 Å². The van der Waals surface area contributed by atoms with Crippen LogP contribution in [0.15, 0.2) is 139 Å². The van der Waals surface area contributed by atoms with E-state index >= 15 is 0 Å². The molecule has 0 bridgehead atoms. The fraction of sp³-hybridized carbons (Fsp3) is 0.136. The SMILES string of the molecule is CC(C)c1cc(-c2ccccc2)cc(C(C)C)c1-n1c(-c2ccccc2O)nc2c1OC1=CC=CC3=Cc4ccc(-c5ccccn5)cc4B2N31. The molecule has 7 heteroatoms. The average Bonchev–Trinajstić information content (AvgIpc) is 3.53. The minimum atomic E-state index is -0.275. The Balaban J connectivity index is 1.36. The molecule has 0 fully saturated rings. The lowest BCUT2D eigenvalue weighted by atomic mass is 9.48. The van der Waals surface area contributed by atoms with Crippen LogP contribution in [0.25, 0.3) is 45.5 Å². The number of aromatic nitrogens is 3. The fourth-order valence-corrected chi connectivity index (χ4v) is 7.66. The average molecular weight is 665 g/mol. The van der Waals surface area contributed by atoms with Gasteiger partial charge in [0.15, 0.2) is 11.7 Å². The van der Waals surface area contributed by atoms with E-state index in [0.717, 1.165) is 45.1 Å². The van der Waals surface area contributed by atoms with Gasteiger partial charge in [0.05, 0.1) is 22.5 Å². The Kier molecular flexibility index (Phi) is 7.32. The summed E-state index contributed by atoms with van der Waals surface area (Å²) in [6, 6.07) is 35.2. The quantitative estimate of drug-likeness (QED) is 0.181. The smallest absolute Gasteiger partial charge is 0.358 e. The number of fused-ring (bicyclic) bond motifs is 4. The van der Waals surface area contributed by atoms with Gasteiger partial charge in [0.2, 0.25) is 5.88 Å². The van der Waals surface area contributed by atoms with Gasteiger partial charge in [-0.1, -0.05) is 101 Å². The standard InChI is InChI=1S/C44H37BN4O2/c1-27(2)35-24-32(29-13-6-5-7-14-29)25-36(28(3)4)41(35)48-43(34-16-8-9-18-39(34)50)47-42-44(48)51-40-19-12-15-33-23-30-20-21-31(38-17-10-11-22-46-38)26-37(30)45(42)49(33)40/h5-28,50H,1-4H3. The molecule has 0 saturated heterocycles. The number of hydrogen-bond donors (Lipinski definition) is 1. The maximum atomic E-state index is 11.4. The number of nitrogens with zero attached hydrogens (tertiary/aromatic N) is 4. The van der Waals surface area contributed by atoms with Crippen molar-refractivity contribution in [3.05, 3.63) is 156 Å². The van der Waals surface area contributed by atoms with Crippen molar-refractivity contribution in [3.8, 4) is 51.1 Å². The monoisotopic (exact) mass is 664 g/mol. The molecule has 248 valence electrons. The predicted octanol–water partition coefficient (Wildman–Crippen LogP) is 8.79. The second-order valence-electron chi connectivity index (χ2n) is 14.0. The molecule has 6 nitrogen and oxygen atoms in total. The van der Waals surface area contributed by atoms with Crippen molar-refractivity contribution in [2.24, 2.45) is 0 Å². The van der Waals surface area contributed by atoms with Gasteiger partial charge < -0.3 is 14.7 Å². The molecule has 5 heterocycles. The molecule has 6 aromatic rings. The third-order valence-electron chi connectivity index (χ3n) is 10.1. The van der Waals surface area contributed by atoms with Crippen LogP contribution in [0.1, 0.15) is 56.2 Å². The number of pyridine rings is 1. The summed E-state index contributed by atoms with van der Waals surface area (Å²) in [5, 5.41) is 11.4. The van der Waals surface area contributed by atoms with Gasteiger partial charge in [0.1, 0.15) is 5.75 Å². The lowest BCUT2D eigenvalue weighted by Gasteiger charge is -2.41. The molecule has 2 aromatic heterocycles. The van der Waals surface area contributed by atoms with E-state index in [1.165, 1.54) is 22.3 Å². The first-order valence-corrected chi connectivity index (χ1v) is 17.6. The molecule has 3 aliphatic rings. The topological polar surface area (TPSA) is 63.4 Å². The minimum absolute atomic E-state index is 0.167. The van der Waals surface area contributed by atoms with Gasteiger partial charge in [-0.3, -0.25) is 9.55 Å². The van der Waals surface area contributed by atoms with E-state index < -0.39 is 0 Å². The van der Waals surface area contributed by atoms with Crippen LogP contribution in [0.3, 0.4) is 0 Å². The van der Waals surface area contributed by atoms with Crippen LogP contribution < -0.4 is 15.8 Å². The normalized spacial score (nSPS) is 14.2. The number of para-hydroxylation sites is 1. The minimum Gasteiger partial charge on any atom is -0.507 e. The first-order chi connectivity index (χ1) is 24.9. The van der Waals surface area contributed by atoms with E-state index in [4.69, 9.17) is 9.72 Å². The molecule has 0 saturated carbocycles. The number of benzene rings is 4. The number of ether oxygens (including phenoxy) is 1. The highest BCUT2D eigenvalue weighted by Gasteiger charge is 2.47. The van der Waals surface area contributed by atoms with Crippen LogP contribution in [0.2, 0.25) is 0 Å². The number of imidazole rings is 1. The Bertz CT molecular complexity index is 2400. The molecule has 3 aliphatic heterocycles. The van der Waals surface area contributed by atoms with Crippen LogP contribution in [-0.2, 0) is 0 Å². The summed E-state index contributed by atoms with van der Waals surface area (Å²) in [4.78, 5) is 12.4.